The Bertz CT molecular complexity index is 487. The summed E-state index contributed by atoms with van der Waals surface area (Å²) < 4.78 is 0. The van der Waals surface area contributed by atoms with Gasteiger partial charge in [0, 0.05) is 12.1 Å². The van der Waals surface area contributed by atoms with Crippen LogP contribution in [0.15, 0.2) is 18.2 Å². The fourth-order valence-corrected chi connectivity index (χ4v) is 2.48. The van der Waals surface area contributed by atoms with E-state index in [1.54, 1.807) is 12.1 Å². The van der Waals surface area contributed by atoms with Crippen molar-refractivity contribution < 1.29 is 4.79 Å². The van der Waals surface area contributed by atoms with Crippen LogP contribution in [-0.2, 0) is 4.79 Å². The second-order valence-electron chi connectivity index (χ2n) is 4.89. The quantitative estimate of drug-likeness (QED) is 0.565. The van der Waals surface area contributed by atoms with E-state index in [0.717, 1.165) is 37.8 Å². The van der Waals surface area contributed by atoms with Gasteiger partial charge in [0.25, 0.3) is 0 Å². The highest BCUT2D eigenvalue weighted by molar-refractivity contribution is 5.68. The minimum Gasteiger partial charge on any atom is -0.397 e. The summed E-state index contributed by atoms with van der Waals surface area (Å²) in [5.41, 5.74) is 7.97. The van der Waals surface area contributed by atoms with Crippen molar-refractivity contribution in [3.8, 4) is 6.07 Å². The van der Waals surface area contributed by atoms with Gasteiger partial charge in [-0.25, -0.2) is 0 Å². The fraction of sp³-hybridized carbons (Fsp3) is 0.429. The lowest BCUT2D eigenvalue weighted by Crippen LogP contribution is -2.36. The lowest BCUT2D eigenvalue weighted by Gasteiger charge is -2.29. The van der Waals surface area contributed by atoms with Crippen LogP contribution in [0.3, 0.4) is 0 Å². The molecule has 1 aliphatic rings. The molecule has 5 nitrogen and oxygen atoms in total. The maximum atomic E-state index is 10.4. The van der Waals surface area contributed by atoms with E-state index in [9.17, 15) is 4.79 Å². The fourth-order valence-electron chi connectivity index (χ4n) is 2.48. The van der Waals surface area contributed by atoms with E-state index in [2.05, 4.69) is 16.7 Å². The van der Waals surface area contributed by atoms with Crippen LogP contribution in [0.2, 0.25) is 0 Å². The Balaban J connectivity index is 1.92. The molecular formula is C14H18N4O. The molecule has 4 N–H and O–H groups in total. The number of amides is 1. The second-order valence-corrected chi connectivity index (χ2v) is 4.89. The number of carbonyl (C=O) groups excluding carboxylic acids is 1. The number of nitrogens with two attached hydrogens (primary N) is 1. The van der Waals surface area contributed by atoms with Gasteiger partial charge in [-0.05, 0) is 43.9 Å². The molecule has 2 rings (SSSR count). The summed E-state index contributed by atoms with van der Waals surface area (Å²) in [6.07, 6.45) is 4.74. The van der Waals surface area contributed by atoms with Gasteiger partial charge in [0.1, 0.15) is 0 Å². The van der Waals surface area contributed by atoms with E-state index >= 15 is 0 Å². The molecule has 0 radical (unpaired) electrons. The van der Waals surface area contributed by atoms with Gasteiger partial charge in [0.05, 0.1) is 23.0 Å². The number of carbonyl (C=O) groups is 1. The highest BCUT2D eigenvalue weighted by atomic mass is 16.1. The maximum Gasteiger partial charge on any atom is 0.207 e. The lowest BCUT2D eigenvalue weighted by atomic mass is 9.91. The van der Waals surface area contributed by atoms with Crippen molar-refractivity contribution in [2.24, 2.45) is 0 Å². The third-order valence-corrected chi connectivity index (χ3v) is 3.57. The number of hydrogen-bond donors (Lipinski definition) is 3. The number of nitrogen functional groups attached to an aromatic ring is 1. The molecular weight excluding hydrogens is 240 g/mol. The number of hydrogen-bond acceptors (Lipinski definition) is 4. The van der Waals surface area contributed by atoms with E-state index in [1.807, 2.05) is 6.07 Å². The third-order valence-electron chi connectivity index (χ3n) is 3.57. The average Bonchev–Trinajstić information content (AvgIpc) is 2.43. The van der Waals surface area contributed by atoms with Gasteiger partial charge in [-0.3, -0.25) is 4.79 Å². The maximum absolute atomic E-state index is 10.4. The Labute approximate surface area is 112 Å². The Kier molecular flexibility index (Phi) is 4.24. The zero-order valence-corrected chi connectivity index (χ0v) is 10.7. The minimum absolute atomic E-state index is 0.300. The van der Waals surface area contributed by atoms with Crippen LogP contribution >= 0.6 is 0 Å². The van der Waals surface area contributed by atoms with Crippen LogP contribution in [-0.4, -0.2) is 18.5 Å². The van der Waals surface area contributed by atoms with E-state index in [4.69, 9.17) is 11.0 Å². The summed E-state index contributed by atoms with van der Waals surface area (Å²) >= 11 is 0. The Morgan fingerprint density at radius 1 is 1.26 bits per heavy atom. The number of rotatable bonds is 4. The van der Waals surface area contributed by atoms with Gasteiger partial charge in [-0.2, -0.15) is 5.26 Å². The molecule has 0 heterocycles. The van der Waals surface area contributed by atoms with Crippen LogP contribution in [0.1, 0.15) is 31.2 Å². The molecule has 19 heavy (non-hydrogen) atoms. The molecule has 100 valence electrons. The molecule has 1 fully saturated rings. The molecule has 0 aliphatic heterocycles. The zero-order valence-electron chi connectivity index (χ0n) is 10.7. The highest BCUT2D eigenvalue weighted by Crippen LogP contribution is 2.26. The monoisotopic (exact) mass is 258 g/mol. The van der Waals surface area contributed by atoms with Crippen molar-refractivity contribution in [2.75, 3.05) is 11.1 Å². The topological polar surface area (TPSA) is 90.9 Å². The summed E-state index contributed by atoms with van der Waals surface area (Å²) in [6, 6.07) is 8.04. The first-order chi connectivity index (χ1) is 9.22. The third kappa shape index (κ3) is 3.38. The molecule has 0 bridgehead atoms. The van der Waals surface area contributed by atoms with Crippen LogP contribution in [0.25, 0.3) is 0 Å². The Morgan fingerprint density at radius 3 is 2.53 bits per heavy atom. The molecule has 0 saturated heterocycles. The standard InChI is InChI=1S/C14H18N4O/c15-8-10-1-6-14(13(16)7-10)18-12-4-2-11(3-5-12)17-9-19/h1,6-7,9,11-12,18H,2-5,16H2,(H,17,19). The average molecular weight is 258 g/mol. The number of nitrogens with zero attached hydrogens (tertiary/aromatic N) is 1. The van der Waals surface area contributed by atoms with E-state index in [1.165, 1.54) is 0 Å². The van der Waals surface area contributed by atoms with Gasteiger partial charge in [-0.1, -0.05) is 0 Å². The normalized spacial score (nSPS) is 22.3. The molecule has 0 aromatic heterocycles. The minimum atomic E-state index is 0.300. The highest BCUT2D eigenvalue weighted by Gasteiger charge is 2.20. The predicted octanol–water partition coefficient (Wildman–Crippen LogP) is 1.61. The number of anilines is 2. The molecule has 0 spiro atoms. The molecule has 5 heteroatoms. The zero-order chi connectivity index (χ0) is 13.7. The summed E-state index contributed by atoms with van der Waals surface area (Å²) in [4.78, 5) is 10.4. The van der Waals surface area contributed by atoms with Crippen LogP contribution < -0.4 is 16.4 Å². The number of nitriles is 1. The van der Waals surface area contributed by atoms with Crippen LogP contribution in [0.5, 0.6) is 0 Å². The van der Waals surface area contributed by atoms with Crippen molar-refractivity contribution in [3.05, 3.63) is 23.8 Å². The first kappa shape index (κ1) is 13.2. The van der Waals surface area contributed by atoms with E-state index in [-0.39, 0.29) is 0 Å². The summed E-state index contributed by atoms with van der Waals surface area (Å²) in [5.74, 6) is 0. The van der Waals surface area contributed by atoms with Gasteiger partial charge in [0.15, 0.2) is 0 Å². The predicted molar refractivity (Wildman–Crippen MR) is 74.4 cm³/mol. The van der Waals surface area contributed by atoms with Gasteiger partial charge in [0.2, 0.25) is 6.41 Å². The Hall–Kier alpha value is -2.22. The molecule has 0 unspecified atom stereocenters. The summed E-state index contributed by atoms with van der Waals surface area (Å²) in [6.45, 7) is 0. The largest absolute Gasteiger partial charge is 0.397 e. The van der Waals surface area contributed by atoms with Crippen molar-refractivity contribution in [1.29, 1.82) is 5.26 Å². The van der Waals surface area contributed by atoms with Crippen molar-refractivity contribution in [1.82, 2.24) is 5.32 Å². The first-order valence-corrected chi connectivity index (χ1v) is 6.49. The molecule has 1 aliphatic carbocycles. The second kappa shape index (κ2) is 6.10. The Morgan fingerprint density at radius 2 is 1.95 bits per heavy atom. The van der Waals surface area contributed by atoms with Gasteiger partial charge >= 0.3 is 0 Å². The van der Waals surface area contributed by atoms with Crippen molar-refractivity contribution in [2.45, 2.75) is 37.8 Å². The molecule has 1 aromatic rings. The van der Waals surface area contributed by atoms with Gasteiger partial charge < -0.3 is 16.4 Å². The number of nitrogens with one attached hydrogen (secondary N) is 2. The van der Waals surface area contributed by atoms with Crippen molar-refractivity contribution >= 4 is 17.8 Å². The van der Waals surface area contributed by atoms with E-state index < -0.39 is 0 Å². The van der Waals surface area contributed by atoms with Crippen LogP contribution in [0.4, 0.5) is 11.4 Å². The SMILES string of the molecule is N#Cc1ccc(NC2CCC(NC=O)CC2)c(N)c1. The van der Waals surface area contributed by atoms with Crippen molar-refractivity contribution in [3.63, 3.8) is 0 Å². The van der Waals surface area contributed by atoms with Crippen LogP contribution in [0, 0.1) is 11.3 Å². The first-order valence-electron chi connectivity index (χ1n) is 6.49. The summed E-state index contributed by atoms with van der Waals surface area (Å²) in [5, 5.41) is 15.0. The smallest absolute Gasteiger partial charge is 0.207 e. The number of benzene rings is 1. The lowest BCUT2D eigenvalue weighted by molar-refractivity contribution is -0.110. The van der Waals surface area contributed by atoms with Gasteiger partial charge in [-0.15, -0.1) is 0 Å². The summed E-state index contributed by atoms with van der Waals surface area (Å²) in [7, 11) is 0. The molecule has 0 atom stereocenters. The molecule has 1 aromatic carbocycles. The molecule has 1 saturated carbocycles. The molecule has 1 amide bonds. The van der Waals surface area contributed by atoms with E-state index in [0.29, 0.717) is 23.3 Å².